The first-order valence-electron chi connectivity index (χ1n) is 10.8. The van der Waals surface area contributed by atoms with Crippen LogP contribution in [-0.4, -0.2) is 42.4 Å². The Labute approximate surface area is 190 Å². The van der Waals surface area contributed by atoms with Gasteiger partial charge in [0, 0.05) is 42.6 Å². The average Bonchev–Trinajstić information content (AvgIpc) is 2.98. The van der Waals surface area contributed by atoms with Crippen LogP contribution in [-0.2, 0) is 11.3 Å². The minimum Gasteiger partial charge on any atom is -0.488 e. The van der Waals surface area contributed by atoms with Crippen LogP contribution in [0.15, 0.2) is 59.5 Å². The molecule has 3 aromatic rings. The van der Waals surface area contributed by atoms with Crippen LogP contribution in [0.1, 0.15) is 38.8 Å². The molecule has 2 aromatic carbocycles. The molecule has 0 fully saturated rings. The number of halogens is 1. The normalized spacial score (nSPS) is 17.1. The fraction of sp³-hybridized carbons (Fsp3) is 0.280. The van der Waals surface area contributed by atoms with Gasteiger partial charge in [-0.25, -0.2) is 4.39 Å². The highest BCUT2D eigenvalue weighted by atomic mass is 19.1. The Morgan fingerprint density at radius 3 is 2.70 bits per heavy atom. The number of hydrogen-bond donors (Lipinski definition) is 0. The number of ether oxygens (including phenoxy) is 2. The summed E-state index contributed by atoms with van der Waals surface area (Å²) in [5, 5.41) is 1.98. The van der Waals surface area contributed by atoms with Crippen molar-refractivity contribution in [1.82, 2.24) is 9.58 Å². The van der Waals surface area contributed by atoms with Crippen molar-refractivity contribution in [3.8, 4) is 5.75 Å². The molecule has 1 atom stereocenters. The zero-order valence-electron chi connectivity index (χ0n) is 18.5. The molecule has 33 heavy (non-hydrogen) atoms. The van der Waals surface area contributed by atoms with Gasteiger partial charge in [0.2, 0.25) is 0 Å². The Morgan fingerprint density at radius 2 is 1.88 bits per heavy atom. The Bertz CT molecular complexity index is 1290. The molecule has 2 aliphatic heterocycles. The summed E-state index contributed by atoms with van der Waals surface area (Å²) >= 11 is 0. The van der Waals surface area contributed by atoms with Crippen molar-refractivity contribution in [2.24, 2.45) is 0 Å². The smallest absolute Gasteiger partial charge is 0.274 e. The largest absolute Gasteiger partial charge is 0.488 e. The number of methoxy groups -OCH3 is 1. The minimum absolute atomic E-state index is 0.103. The molecule has 0 spiro atoms. The van der Waals surface area contributed by atoms with E-state index in [-0.39, 0.29) is 30.4 Å². The standard InChI is InChI=1S/C25H24FN3O4/c1-16-21(30)10-11-28-23(16)25(31)27(12-13-32-2)15-29(28)24-17-7-5-8-20(26)19(17)14-33-22-9-4-3-6-18(22)24/h3-11,24H,12-15H2,1-2H3. The number of pyridine rings is 1. The van der Waals surface area contributed by atoms with Crippen LogP contribution in [0.25, 0.3) is 0 Å². The van der Waals surface area contributed by atoms with E-state index in [0.29, 0.717) is 35.7 Å². The molecule has 0 bridgehead atoms. The summed E-state index contributed by atoms with van der Waals surface area (Å²) in [6, 6.07) is 13.6. The van der Waals surface area contributed by atoms with Gasteiger partial charge in [0.25, 0.3) is 5.91 Å². The van der Waals surface area contributed by atoms with Crippen molar-refractivity contribution in [2.75, 3.05) is 31.9 Å². The summed E-state index contributed by atoms with van der Waals surface area (Å²) in [7, 11) is 1.58. The molecule has 0 N–H and O–H groups in total. The van der Waals surface area contributed by atoms with Crippen LogP contribution >= 0.6 is 0 Å². The summed E-state index contributed by atoms with van der Waals surface area (Å²) < 4.78 is 27.8. The number of amides is 1. The van der Waals surface area contributed by atoms with Gasteiger partial charge in [-0.15, -0.1) is 0 Å². The molecule has 0 saturated heterocycles. The van der Waals surface area contributed by atoms with E-state index in [2.05, 4.69) is 0 Å². The van der Waals surface area contributed by atoms with E-state index in [1.54, 1.807) is 35.9 Å². The first kappa shape index (κ1) is 21.2. The van der Waals surface area contributed by atoms with E-state index >= 15 is 0 Å². The lowest BCUT2D eigenvalue weighted by Crippen LogP contribution is -2.56. The predicted octanol–water partition coefficient (Wildman–Crippen LogP) is 2.98. The van der Waals surface area contributed by atoms with Gasteiger partial charge in [0.05, 0.1) is 6.61 Å². The molecule has 2 aliphatic rings. The summed E-state index contributed by atoms with van der Waals surface area (Å²) in [6.07, 6.45) is 1.61. The zero-order valence-corrected chi connectivity index (χ0v) is 18.5. The molecule has 1 amide bonds. The minimum atomic E-state index is -0.451. The second kappa shape index (κ2) is 8.37. The third-order valence-corrected chi connectivity index (χ3v) is 6.30. The molecule has 170 valence electrons. The predicted molar refractivity (Wildman–Crippen MR) is 120 cm³/mol. The first-order valence-corrected chi connectivity index (χ1v) is 10.8. The van der Waals surface area contributed by atoms with Gasteiger partial charge in [0.1, 0.15) is 36.6 Å². The molecular weight excluding hydrogens is 425 g/mol. The summed E-state index contributed by atoms with van der Waals surface area (Å²) in [4.78, 5) is 27.4. The van der Waals surface area contributed by atoms with Crippen LogP contribution in [0.2, 0.25) is 0 Å². The van der Waals surface area contributed by atoms with Gasteiger partial charge in [-0.2, -0.15) is 0 Å². The van der Waals surface area contributed by atoms with E-state index in [1.807, 2.05) is 35.3 Å². The number of hydrogen-bond acceptors (Lipinski definition) is 5. The van der Waals surface area contributed by atoms with Gasteiger partial charge in [-0.05, 0) is 24.6 Å². The highest BCUT2D eigenvalue weighted by molar-refractivity contribution is 5.95. The number of nitrogens with zero attached hydrogens (tertiary/aromatic N) is 3. The highest BCUT2D eigenvalue weighted by Gasteiger charge is 2.38. The van der Waals surface area contributed by atoms with Crippen molar-refractivity contribution in [3.05, 3.63) is 98.7 Å². The lowest BCUT2D eigenvalue weighted by atomic mass is 9.94. The first-order chi connectivity index (χ1) is 16.0. The van der Waals surface area contributed by atoms with Crippen molar-refractivity contribution in [2.45, 2.75) is 19.6 Å². The number of para-hydroxylation sites is 1. The summed E-state index contributed by atoms with van der Waals surface area (Å²) in [6.45, 7) is 2.69. The molecule has 3 heterocycles. The van der Waals surface area contributed by atoms with Crippen LogP contribution in [0.3, 0.4) is 0 Å². The second-order valence-corrected chi connectivity index (χ2v) is 8.18. The summed E-state index contributed by atoms with van der Waals surface area (Å²) in [5.74, 6) is 0.0693. The van der Waals surface area contributed by atoms with E-state index < -0.39 is 6.04 Å². The topological polar surface area (TPSA) is 64.0 Å². The molecular formula is C25H24FN3O4. The van der Waals surface area contributed by atoms with Crippen LogP contribution in [0.5, 0.6) is 5.75 Å². The van der Waals surface area contributed by atoms with E-state index in [9.17, 15) is 14.0 Å². The maximum Gasteiger partial charge on any atom is 0.274 e. The van der Waals surface area contributed by atoms with E-state index in [1.165, 1.54) is 12.1 Å². The Kier molecular flexibility index (Phi) is 5.38. The van der Waals surface area contributed by atoms with Crippen LogP contribution in [0, 0.1) is 12.7 Å². The van der Waals surface area contributed by atoms with Crippen molar-refractivity contribution >= 4 is 5.91 Å². The van der Waals surface area contributed by atoms with Crippen molar-refractivity contribution in [3.63, 3.8) is 0 Å². The monoisotopic (exact) mass is 449 g/mol. The summed E-state index contributed by atoms with van der Waals surface area (Å²) in [5.41, 5.74) is 2.53. The number of benzene rings is 2. The second-order valence-electron chi connectivity index (χ2n) is 8.18. The van der Waals surface area contributed by atoms with E-state index in [0.717, 1.165) is 11.1 Å². The lowest BCUT2D eigenvalue weighted by Gasteiger charge is -2.44. The van der Waals surface area contributed by atoms with Gasteiger partial charge in [-0.3, -0.25) is 19.3 Å². The number of rotatable bonds is 4. The Balaban J connectivity index is 1.76. The fourth-order valence-electron chi connectivity index (χ4n) is 4.60. The number of carbonyl (C=O) groups is 1. The van der Waals surface area contributed by atoms with Crippen LogP contribution < -0.4 is 15.2 Å². The van der Waals surface area contributed by atoms with Crippen molar-refractivity contribution < 1.29 is 18.7 Å². The highest BCUT2D eigenvalue weighted by Crippen LogP contribution is 2.40. The Morgan fingerprint density at radius 1 is 1.09 bits per heavy atom. The third kappa shape index (κ3) is 3.47. The molecule has 7 nitrogen and oxygen atoms in total. The molecule has 5 rings (SSSR count). The molecule has 1 unspecified atom stereocenters. The zero-order chi connectivity index (χ0) is 23.1. The van der Waals surface area contributed by atoms with Gasteiger partial charge in [-0.1, -0.05) is 30.3 Å². The molecule has 0 aliphatic carbocycles. The van der Waals surface area contributed by atoms with Gasteiger partial charge >= 0.3 is 0 Å². The lowest BCUT2D eigenvalue weighted by molar-refractivity contribution is 0.0618. The molecule has 0 radical (unpaired) electrons. The number of aromatic nitrogens is 1. The maximum absolute atomic E-state index is 14.9. The quantitative estimate of drug-likeness (QED) is 0.613. The SMILES string of the molecule is COCCN1CN(C2c3ccccc3OCc3c(F)cccc32)n2ccc(=O)c(C)c2C1=O. The Hall–Kier alpha value is -3.65. The number of carbonyl (C=O) groups excluding carboxylic acids is 1. The fourth-order valence-corrected chi connectivity index (χ4v) is 4.60. The molecule has 1 aromatic heterocycles. The van der Waals surface area contributed by atoms with Crippen molar-refractivity contribution in [1.29, 1.82) is 0 Å². The molecule has 8 heteroatoms. The average molecular weight is 449 g/mol. The third-order valence-electron chi connectivity index (χ3n) is 6.30. The molecule has 0 saturated carbocycles. The van der Waals surface area contributed by atoms with Crippen LogP contribution in [0.4, 0.5) is 4.39 Å². The number of fused-ring (bicyclic) bond motifs is 3. The van der Waals surface area contributed by atoms with Gasteiger partial charge < -0.3 is 14.4 Å². The maximum atomic E-state index is 14.9. The van der Waals surface area contributed by atoms with E-state index in [4.69, 9.17) is 9.47 Å². The van der Waals surface area contributed by atoms with Gasteiger partial charge in [0.15, 0.2) is 5.43 Å².